The van der Waals surface area contributed by atoms with Crippen LogP contribution in [0.5, 0.6) is 0 Å². The minimum atomic E-state index is -3.65. The molecule has 0 unspecified atom stereocenters. The van der Waals surface area contributed by atoms with Gasteiger partial charge in [0.05, 0.1) is 4.90 Å². The van der Waals surface area contributed by atoms with Crippen LogP contribution in [0.4, 0.5) is 0 Å². The first-order valence-corrected chi connectivity index (χ1v) is 9.46. The van der Waals surface area contributed by atoms with Gasteiger partial charge < -0.3 is 10.2 Å². The van der Waals surface area contributed by atoms with Gasteiger partial charge in [-0.3, -0.25) is 4.79 Å². The van der Waals surface area contributed by atoms with Gasteiger partial charge in [0.2, 0.25) is 15.9 Å². The Kier molecular flexibility index (Phi) is 6.15. The van der Waals surface area contributed by atoms with Crippen LogP contribution in [-0.4, -0.2) is 45.9 Å². The van der Waals surface area contributed by atoms with Crippen molar-refractivity contribution in [2.45, 2.75) is 30.6 Å². The van der Waals surface area contributed by atoms with Crippen LogP contribution in [0.25, 0.3) is 0 Å². The van der Waals surface area contributed by atoms with E-state index < -0.39 is 10.0 Å². The lowest BCUT2D eigenvalue weighted by Crippen LogP contribution is -2.34. The highest BCUT2D eigenvalue weighted by atomic mass is 32.2. The summed E-state index contributed by atoms with van der Waals surface area (Å²) in [4.78, 5) is 14.3. The number of rotatable bonds is 6. The summed E-state index contributed by atoms with van der Waals surface area (Å²) in [6, 6.07) is 6.43. The minimum absolute atomic E-state index is 0.0979. The monoisotopic (exact) mass is 339 g/mol. The Labute approximate surface area is 138 Å². The fourth-order valence-corrected chi connectivity index (χ4v) is 3.31. The zero-order chi connectivity index (χ0) is 16.9. The van der Waals surface area contributed by atoms with Gasteiger partial charge in [-0.05, 0) is 63.0 Å². The molecule has 3 N–H and O–H groups in total. The summed E-state index contributed by atoms with van der Waals surface area (Å²) in [7, 11) is -1.54. The van der Waals surface area contributed by atoms with Crippen LogP contribution in [0, 0.1) is 5.92 Å². The fourth-order valence-electron chi connectivity index (χ4n) is 2.79. The van der Waals surface area contributed by atoms with Crippen molar-refractivity contribution in [1.82, 2.24) is 10.2 Å². The van der Waals surface area contributed by atoms with Gasteiger partial charge in [-0.15, -0.1) is 0 Å². The molecule has 1 aromatic carbocycles. The summed E-state index contributed by atoms with van der Waals surface area (Å²) in [5.74, 6) is 0.584. The molecule has 1 amide bonds. The molecule has 1 fully saturated rings. The Hall–Kier alpha value is -1.44. The van der Waals surface area contributed by atoms with Crippen LogP contribution in [-0.2, 0) is 21.2 Å². The first kappa shape index (κ1) is 17.9. The second-order valence-corrected chi connectivity index (χ2v) is 7.80. The Morgan fingerprint density at radius 3 is 2.43 bits per heavy atom. The zero-order valence-corrected chi connectivity index (χ0v) is 14.3. The fraction of sp³-hybridized carbons (Fsp3) is 0.562. The third-order valence-corrected chi connectivity index (χ3v) is 5.23. The van der Waals surface area contributed by atoms with Gasteiger partial charge in [0.15, 0.2) is 0 Å². The van der Waals surface area contributed by atoms with E-state index in [0.717, 1.165) is 31.5 Å². The number of sulfonamides is 1. The topological polar surface area (TPSA) is 92.5 Å². The van der Waals surface area contributed by atoms with Crippen LogP contribution in [0.2, 0.25) is 0 Å². The van der Waals surface area contributed by atoms with Gasteiger partial charge in [-0.25, -0.2) is 13.6 Å². The van der Waals surface area contributed by atoms with E-state index in [2.05, 4.69) is 17.3 Å². The predicted octanol–water partition coefficient (Wildman–Crippen LogP) is 0.725. The maximum absolute atomic E-state index is 11.9. The van der Waals surface area contributed by atoms with Crippen molar-refractivity contribution >= 4 is 15.9 Å². The SMILES string of the molecule is CN1CCC(CC(=O)NCCc2ccc(S(N)(=O)=O)cc2)CC1. The maximum Gasteiger partial charge on any atom is 0.238 e. The number of carbonyl (C=O) groups excluding carboxylic acids is 1. The van der Waals surface area contributed by atoms with Crippen LogP contribution in [0.1, 0.15) is 24.8 Å². The second-order valence-electron chi connectivity index (χ2n) is 6.24. The van der Waals surface area contributed by atoms with E-state index in [1.165, 1.54) is 12.1 Å². The summed E-state index contributed by atoms with van der Waals surface area (Å²) < 4.78 is 22.3. The molecule has 1 aliphatic rings. The zero-order valence-electron chi connectivity index (χ0n) is 13.5. The number of primary sulfonamides is 1. The molecule has 2 rings (SSSR count). The van der Waals surface area contributed by atoms with Crippen LogP contribution < -0.4 is 10.5 Å². The largest absolute Gasteiger partial charge is 0.356 e. The Morgan fingerprint density at radius 1 is 1.26 bits per heavy atom. The molecule has 1 heterocycles. The highest BCUT2D eigenvalue weighted by Crippen LogP contribution is 2.19. The van der Waals surface area contributed by atoms with E-state index in [0.29, 0.717) is 25.3 Å². The molecule has 6 nitrogen and oxygen atoms in total. The molecule has 1 aromatic rings. The number of nitrogens with two attached hydrogens (primary N) is 1. The molecular weight excluding hydrogens is 314 g/mol. The van der Waals surface area contributed by atoms with E-state index in [4.69, 9.17) is 5.14 Å². The van der Waals surface area contributed by atoms with Gasteiger partial charge in [-0.1, -0.05) is 12.1 Å². The van der Waals surface area contributed by atoms with Gasteiger partial charge >= 0.3 is 0 Å². The summed E-state index contributed by atoms with van der Waals surface area (Å²) in [5, 5.41) is 8.00. The molecule has 0 bridgehead atoms. The van der Waals surface area contributed by atoms with E-state index in [9.17, 15) is 13.2 Å². The number of carbonyl (C=O) groups is 1. The second kappa shape index (κ2) is 7.90. The molecule has 0 aromatic heterocycles. The normalized spacial score (nSPS) is 17.1. The number of amides is 1. The molecule has 1 aliphatic heterocycles. The summed E-state index contributed by atoms with van der Waals surface area (Å²) >= 11 is 0. The molecule has 128 valence electrons. The Morgan fingerprint density at radius 2 is 1.87 bits per heavy atom. The maximum atomic E-state index is 11.9. The molecular formula is C16H25N3O3S. The summed E-state index contributed by atoms with van der Waals surface area (Å²) in [6.45, 7) is 2.68. The van der Waals surface area contributed by atoms with E-state index >= 15 is 0 Å². The number of hydrogen-bond donors (Lipinski definition) is 2. The third-order valence-electron chi connectivity index (χ3n) is 4.30. The summed E-state index contributed by atoms with van der Waals surface area (Å²) in [6.07, 6.45) is 3.43. The minimum Gasteiger partial charge on any atom is -0.356 e. The number of nitrogens with one attached hydrogen (secondary N) is 1. The number of hydrogen-bond acceptors (Lipinski definition) is 4. The molecule has 0 saturated carbocycles. The van der Waals surface area contributed by atoms with Crippen molar-refractivity contribution in [2.75, 3.05) is 26.7 Å². The van der Waals surface area contributed by atoms with Crippen molar-refractivity contribution in [1.29, 1.82) is 0 Å². The number of likely N-dealkylation sites (tertiary alicyclic amines) is 1. The number of piperidine rings is 1. The van der Waals surface area contributed by atoms with E-state index in [1.807, 2.05) is 0 Å². The lowest BCUT2D eigenvalue weighted by molar-refractivity contribution is -0.122. The third kappa shape index (κ3) is 5.93. The molecule has 0 spiro atoms. The van der Waals surface area contributed by atoms with Gasteiger partial charge in [0.1, 0.15) is 0 Å². The Balaban J connectivity index is 1.71. The Bertz CT molecular complexity index is 620. The van der Waals surface area contributed by atoms with Crippen molar-refractivity contribution in [3.63, 3.8) is 0 Å². The lowest BCUT2D eigenvalue weighted by atomic mass is 9.93. The first-order chi connectivity index (χ1) is 10.8. The predicted molar refractivity (Wildman–Crippen MR) is 89.4 cm³/mol. The van der Waals surface area contributed by atoms with Crippen LogP contribution >= 0.6 is 0 Å². The average Bonchev–Trinajstić information content (AvgIpc) is 2.49. The highest BCUT2D eigenvalue weighted by molar-refractivity contribution is 7.89. The molecule has 0 atom stereocenters. The standard InChI is InChI=1S/C16H25N3O3S/c1-19-10-7-14(8-11-19)12-16(20)18-9-6-13-2-4-15(5-3-13)23(17,21)22/h2-5,14H,6-12H2,1H3,(H,18,20)(H2,17,21,22). The number of benzene rings is 1. The lowest BCUT2D eigenvalue weighted by Gasteiger charge is -2.28. The average molecular weight is 339 g/mol. The van der Waals surface area contributed by atoms with Crippen molar-refractivity contribution in [2.24, 2.45) is 11.1 Å². The van der Waals surface area contributed by atoms with E-state index in [-0.39, 0.29) is 10.8 Å². The summed E-state index contributed by atoms with van der Waals surface area (Å²) in [5.41, 5.74) is 0.969. The van der Waals surface area contributed by atoms with Crippen LogP contribution in [0.15, 0.2) is 29.2 Å². The smallest absolute Gasteiger partial charge is 0.238 e. The van der Waals surface area contributed by atoms with E-state index in [1.54, 1.807) is 12.1 Å². The highest BCUT2D eigenvalue weighted by Gasteiger charge is 2.19. The molecule has 7 heteroatoms. The molecule has 0 aliphatic carbocycles. The van der Waals surface area contributed by atoms with Crippen molar-refractivity contribution < 1.29 is 13.2 Å². The number of nitrogens with zero attached hydrogens (tertiary/aromatic N) is 1. The van der Waals surface area contributed by atoms with Crippen LogP contribution in [0.3, 0.4) is 0 Å². The molecule has 0 radical (unpaired) electrons. The quantitative estimate of drug-likeness (QED) is 0.799. The molecule has 23 heavy (non-hydrogen) atoms. The van der Waals surface area contributed by atoms with Gasteiger partial charge in [0.25, 0.3) is 0 Å². The van der Waals surface area contributed by atoms with Gasteiger partial charge in [0, 0.05) is 13.0 Å². The van der Waals surface area contributed by atoms with Gasteiger partial charge in [-0.2, -0.15) is 0 Å². The van der Waals surface area contributed by atoms with Crippen molar-refractivity contribution in [3.05, 3.63) is 29.8 Å². The molecule has 1 saturated heterocycles. The van der Waals surface area contributed by atoms with Crippen molar-refractivity contribution in [3.8, 4) is 0 Å². The first-order valence-electron chi connectivity index (χ1n) is 7.91.